The fraction of sp³-hybridized carbons (Fsp3) is 0.304. The molecule has 1 aliphatic rings. The number of thiazole rings is 1. The lowest BCUT2D eigenvalue weighted by atomic mass is 10.1. The number of amides is 1. The molecular formula is C23H25N3O4S2. The van der Waals surface area contributed by atoms with Crippen molar-refractivity contribution in [2.24, 2.45) is 0 Å². The predicted octanol–water partition coefficient (Wildman–Crippen LogP) is 4.56. The number of rotatable bonds is 7. The molecule has 0 bridgehead atoms. The van der Waals surface area contributed by atoms with Crippen LogP contribution in [0, 0.1) is 0 Å². The lowest BCUT2D eigenvalue weighted by Gasteiger charge is -2.21. The first-order valence-corrected chi connectivity index (χ1v) is 13.1. The van der Waals surface area contributed by atoms with Crippen LogP contribution in [0.5, 0.6) is 5.75 Å². The number of nitrogens with one attached hydrogen (secondary N) is 1. The van der Waals surface area contributed by atoms with Gasteiger partial charge in [0.2, 0.25) is 10.0 Å². The van der Waals surface area contributed by atoms with Crippen LogP contribution in [0.15, 0.2) is 47.8 Å². The van der Waals surface area contributed by atoms with Gasteiger partial charge >= 0.3 is 0 Å². The summed E-state index contributed by atoms with van der Waals surface area (Å²) in [7, 11) is -3.36. The fourth-order valence-corrected chi connectivity index (χ4v) is 5.80. The molecule has 0 saturated carbocycles. The summed E-state index contributed by atoms with van der Waals surface area (Å²) in [5.41, 5.74) is 3.68. The highest BCUT2D eigenvalue weighted by atomic mass is 32.2. The molecule has 0 fully saturated rings. The summed E-state index contributed by atoms with van der Waals surface area (Å²) in [4.78, 5) is 17.3. The average Bonchev–Trinajstić information content (AvgIpc) is 3.35. The number of aromatic nitrogens is 1. The number of carbonyl (C=O) groups excluding carboxylic acids is 1. The van der Waals surface area contributed by atoms with Crippen molar-refractivity contribution < 1.29 is 17.9 Å². The maximum atomic E-state index is 12.8. The lowest BCUT2D eigenvalue weighted by Crippen LogP contribution is -2.34. The Bertz CT molecular complexity index is 1240. The summed E-state index contributed by atoms with van der Waals surface area (Å²) in [5.74, 6) is 0.544. The molecule has 1 unspecified atom stereocenters. The van der Waals surface area contributed by atoms with E-state index < -0.39 is 10.0 Å². The van der Waals surface area contributed by atoms with Crippen molar-refractivity contribution in [1.29, 1.82) is 0 Å². The second kappa shape index (κ2) is 8.91. The largest absolute Gasteiger partial charge is 0.494 e. The Balaban J connectivity index is 1.47. The number of sulfonamides is 1. The standard InChI is InChI=1S/C23H25N3O4S2/c1-4-11-30-19-8-5-16(6-9-19)20-14-31-23(24-20)25-22(27)17-7-10-21-18(13-17)12-15(2)26(21)32(3,28)29/h5-10,13-15H,4,11-12H2,1-3H3,(H,24,25,27). The Hall–Kier alpha value is -2.91. The van der Waals surface area contributed by atoms with E-state index in [1.807, 2.05) is 36.6 Å². The van der Waals surface area contributed by atoms with Gasteiger partial charge in [-0.25, -0.2) is 13.4 Å². The molecule has 3 aromatic rings. The van der Waals surface area contributed by atoms with E-state index >= 15 is 0 Å². The van der Waals surface area contributed by atoms with Crippen molar-refractivity contribution in [3.05, 3.63) is 59.0 Å². The van der Waals surface area contributed by atoms with Gasteiger partial charge in [-0.3, -0.25) is 14.4 Å². The molecule has 2 aromatic carbocycles. The number of carbonyl (C=O) groups is 1. The summed E-state index contributed by atoms with van der Waals surface area (Å²) in [5, 5.41) is 5.24. The normalized spacial score (nSPS) is 15.5. The van der Waals surface area contributed by atoms with Crippen LogP contribution in [0.4, 0.5) is 10.8 Å². The molecule has 0 saturated heterocycles. The minimum atomic E-state index is -3.36. The molecule has 7 nitrogen and oxygen atoms in total. The number of ether oxygens (including phenoxy) is 1. The number of benzene rings is 2. The van der Waals surface area contributed by atoms with Crippen molar-refractivity contribution in [2.45, 2.75) is 32.7 Å². The summed E-state index contributed by atoms with van der Waals surface area (Å²) in [6.07, 6.45) is 2.73. The van der Waals surface area contributed by atoms with Gasteiger partial charge in [-0.05, 0) is 67.8 Å². The van der Waals surface area contributed by atoms with E-state index in [-0.39, 0.29) is 11.9 Å². The van der Waals surface area contributed by atoms with E-state index in [0.717, 1.165) is 29.0 Å². The molecule has 0 radical (unpaired) electrons. The molecule has 32 heavy (non-hydrogen) atoms. The van der Waals surface area contributed by atoms with Gasteiger partial charge in [0.15, 0.2) is 5.13 Å². The maximum absolute atomic E-state index is 12.8. The minimum absolute atomic E-state index is 0.168. The van der Waals surface area contributed by atoms with Gasteiger partial charge in [0, 0.05) is 22.5 Å². The third-order valence-electron chi connectivity index (χ3n) is 5.20. The van der Waals surface area contributed by atoms with Crippen LogP contribution in [-0.4, -0.2) is 38.2 Å². The van der Waals surface area contributed by atoms with Crippen molar-refractivity contribution in [3.8, 4) is 17.0 Å². The van der Waals surface area contributed by atoms with Crippen LogP contribution in [0.2, 0.25) is 0 Å². The lowest BCUT2D eigenvalue weighted by molar-refractivity contribution is 0.102. The van der Waals surface area contributed by atoms with Crippen LogP contribution < -0.4 is 14.4 Å². The van der Waals surface area contributed by atoms with Crippen LogP contribution in [0.25, 0.3) is 11.3 Å². The topological polar surface area (TPSA) is 88.6 Å². The third-order valence-corrected chi connectivity index (χ3v) is 7.23. The molecule has 1 N–H and O–H groups in total. The van der Waals surface area contributed by atoms with Crippen LogP contribution >= 0.6 is 11.3 Å². The van der Waals surface area contributed by atoms with Crippen molar-refractivity contribution in [2.75, 3.05) is 22.5 Å². The summed E-state index contributed by atoms with van der Waals surface area (Å²) < 4.78 is 31.2. The number of hydrogen-bond donors (Lipinski definition) is 1. The number of hydrogen-bond acceptors (Lipinski definition) is 6. The second-order valence-electron chi connectivity index (χ2n) is 7.82. The summed E-state index contributed by atoms with van der Waals surface area (Å²) in [6, 6.07) is 12.6. The molecule has 1 aliphatic heterocycles. The van der Waals surface area contributed by atoms with Crippen LogP contribution in [-0.2, 0) is 16.4 Å². The Morgan fingerprint density at radius 1 is 1.25 bits per heavy atom. The first kappa shape index (κ1) is 22.3. The van der Waals surface area contributed by atoms with E-state index in [0.29, 0.717) is 29.4 Å². The minimum Gasteiger partial charge on any atom is -0.494 e. The molecule has 1 aromatic heterocycles. The highest BCUT2D eigenvalue weighted by Crippen LogP contribution is 2.35. The summed E-state index contributed by atoms with van der Waals surface area (Å²) >= 11 is 1.35. The zero-order chi connectivity index (χ0) is 22.9. The van der Waals surface area contributed by atoms with E-state index in [4.69, 9.17) is 4.74 Å². The third kappa shape index (κ3) is 4.63. The van der Waals surface area contributed by atoms with E-state index in [1.165, 1.54) is 21.9 Å². The van der Waals surface area contributed by atoms with Gasteiger partial charge in [-0.15, -0.1) is 11.3 Å². The molecule has 168 valence electrons. The SMILES string of the molecule is CCCOc1ccc(-c2csc(NC(=O)c3ccc4c(c3)CC(C)N4S(C)(=O)=O)n2)cc1. The summed E-state index contributed by atoms with van der Waals surface area (Å²) in [6.45, 7) is 4.60. The zero-order valence-corrected chi connectivity index (χ0v) is 19.8. The van der Waals surface area contributed by atoms with Gasteiger partial charge in [0.05, 0.1) is 24.2 Å². The quantitative estimate of drug-likeness (QED) is 0.546. The number of nitrogens with zero attached hydrogens (tertiary/aromatic N) is 2. The van der Waals surface area contributed by atoms with E-state index in [2.05, 4.69) is 17.2 Å². The molecule has 2 heterocycles. The molecule has 0 aliphatic carbocycles. The Morgan fingerprint density at radius 3 is 2.69 bits per heavy atom. The highest BCUT2D eigenvalue weighted by molar-refractivity contribution is 7.92. The van der Waals surface area contributed by atoms with Crippen LogP contribution in [0.1, 0.15) is 36.2 Å². The van der Waals surface area contributed by atoms with Crippen LogP contribution in [0.3, 0.4) is 0 Å². The smallest absolute Gasteiger partial charge is 0.257 e. The maximum Gasteiger partial charge on any atom is 0.257 e. The number of fused-ring (bicyclic) bond motifs is 1. The molecular weight excluding hydrogens is 446 g/mol. The van der Waals surface area contributed by atoms with Crippen molar-refractivity contribution in [3.63, 3.8) is 0 Å². The van der Waals surface area contributed by atoms with Crippen molar-refractivity contribution >= 4 is 38.1 Å². The first-order valence-electron chi connectivity index (χ1n) is 10.4. The van der Waals surface area contributed by atoms with Gasteiger partial charge < -0.3 is 4.74 Å². The Morgan fingerprint density at radius 2 is 2.00 bits per heavy atom. The first-order chi connectivity index (χ1) is 15.3. The monoisotopic (exact) mass is 471 g/mol. The van der Waals surface area contributed by atoms with Gasteiger partial charge in [-0.1, -0.05) is 6.92 Å². The van der Waals surface area contributed by atoms with E-state index in [1.54, 1.807) is 18.2 Å². The molecule has 1 amide bonds. The molecule has 1 atom stereocenters. The highest BCUT2D eigenvalue weighted by Gasteiger charge is 2.32. The average molecular weight is 472 g/mol. The Kier molecular flexibility index (Phi) is 6.21. The molecule has 9 heteroatoms. The van der Waals surface area contributed by atoms with Crippen molar-refractivity contribution in [1.82, 2.24) is 4.98 Å². The fourth-order valence-electron chi connectivity index (χ4n) is 3.82. The zero-order valence-electron chi connectivity index (χ0n) is 18.2. The number of anilines is 2. The van der Waals surface area contributed by atoms with Gasteiger partial charge in [0.1, 0.15) is 5.75 Å². The Labute approximate surface area is 192 Å². The molecule has 4 rings (SSSR count). The second-order valence-corrected chi connectivity index (χ2v) is 10.5. The van der Waals surface area contributed by atoms with Gasteiger partial charge in [-0.2, -0.15) is 0 Å². The molecule has 0 spiro atoms. The predicted molar refractivity (Wildman–Crippen MR) is 128 cm³/mol. The van der Waals surface area contributed by atoms with Gasteiger partial charge in [0.25, 0.3) is 5.91 Å². The van der Waals surface area contributed by atoms with E-state index in [9.17, 15) is 13.2 Å².